The molecule has 0 fully saturated rings. The van der Waals surface area contributed by atoms with E-state index >= 15 is 0 Å². The summed E-state index contributed by atoms with van der Waals surface area (Å²) in [4.78, 5) is 0. The Kier molecular flexibility index (Phi) is 803. The van der Waals surface area contributed by atoms with E-state index in [1.165, 1.54) is 0 Å². The van der Waals surface area contributed by atoms with Crippen LogP contribution in [0.2, 0.25) is 0 Å². The third-order valence-corrected chi connectivity index (χ3v) is 0. The summed E-state index contributed by atoms with van der Waals surface area (Å²) in [5.74, 6) is 0. The average Bonchev–Trinajstić information content (AvgIpc) is 0.918. The second kappa shape index (κ2) is 103. The predicted molar refractivity (Wildman–Crippen MR) is 28.3 cm³/mol. The molecule has 0 aromatic rings. The van der Waals surface area contributed by atoms with Crippen molar-refractivity contribution in [2.75, 3.05) is 0 Å². The Hall–Kier alpha value is 0.314. The van der Waals surface area contributed by atoms with Gasteiger partial charge >= 0.3 is 25.7 Å². The van der Waals surface area contributed by atoms with Gasteiger partial charge in [0.2, 0.25) is 0 Å². The second-order valence-electron chi connectivity index (χ2n) is 0.0833. The molecule has 0 saturated heterocycles. The van der Waals surface area contributed by atoms with Crippen LogP contribution in [0.25, 0.3) is 0 Å². The Morgan fingerprint density at radius 1 is 0.714 bits per heavy atom. The van der Waals surface area contributed by atoms with Crippen LogP contribution in [0, 0.1) is 0 Å². The van der Waals surface area contributed by atoms with Gasteiger partial charge in [0.1, 0.15) is 0 Å². The van der Waals surface area contributed by atoms with Crippen LogP contribution in [0.1, 0.15) is 29.7 Å². The normalized spacial score (nSPS) is 1.14. The average molecular weight is 144 g/mol. The van der Waals surface area contributed by atoms with Crippen LogP contribution >= 0.6 is 0 Å². The molecular weight excluding hydrogens is 128 g/mol. The van der Waals surface area contributed by atoms with Gasteiger partial charge in [-0.1, -0.05) is 29.7 Å². The molecule has 0 saturated carbocycles. The van der Waals surface area contributed by atoms with Crippen molar-refractivity contribution >= 4 is 0 Å². The number of rotatable bonds is 0. The van der Waals surface area contributed by atoms with Crippen LogP contribution in [-0.4, -0.2) is 0 Å². The summed E-state index contributed by atoms with van der Waals surface area (Å²) in [6.07, 6.45) is 0. The van der Waals surface area contributed by atoms with Crippen molar-refractivity contribution in [2.24, 2.45) is 0 Å². The summed E-state index contributed by atoms with van der Waals surface area (Å²) in [5.41, 5.74) is 0. The Morgan fingerprint density at radius 2 is 0.714 bits per heavy atom. The Labute approximate surface area is 55.9 Å². The van der Waals surface area contributed by atoms with Gasteiger partial charge in [0.15, 0.2) is 0 Å². The van der Waals surface area contributed by atoms with Crippen LogP contribution in [0.15, 0.2) is 0 Å². The van der Waals surface area contributed by atoms with Gasteiger partial charge in [-0.25, -0.2) is 0 Å². The Morgan fingerprint density at radius 3 is 0.714 bits per heavy atom. The monoisotopic (exact) mass is 144 g/mol. The van der Waals surface area contributed by atoms with Crippen molar-refractivity contribution in [1.29, 1.82) is 0 Å². The molecule has 0 aliphatic heterocycles. The van der Waals surface area contributed by atoms with Gasteiger partial charge < -0.3 is 0 Å². The maximum absolute atomic E-state index is 8.50. The SMILES string of the molecule is C.C.C.C.[O]=[Ti]=[O]. The quantitative estimate of drug-likeness (QED) is 0.489. The molecule has 0 atom stereocenters. The molecule has 0 aliphatic rings. The summed E-state index contributed by atoms with van der Waals surface area (Å²) in [5, 5.41) is 0. The van der Waals surface area contributed by atoms with Gasteiger partial charge in [0, 0.05) is 0 Å². The van der Waals surface area contributed by atoms with Crippen LogP contribution in [-0.2, 0) is 25.7 Å². The zero-order valence-corrected chi connectivity index (χ0v) is 2.88. The third kappa shape index (κ3) is 1190. The van der Waals surface area contributed by atoms with Crippen LogP contribution < -0.4 is 0 Å². The first-order valence-electron chi connectivity index (χ1n) is 0.408. The first-order valence-corrected chi connectivity index (χ1v) is 1.68. The van der Waals surface area contributed by atoms with E-state index in [-0.39, 0.29) is 29.7 Å². The minimum atomic E-state index is -2.00. The molecule has 3 heteroatoms. The summed E-state index contributed by atoms with van der Waals surface area (Å²) in [6.45, 7) is 0. The number of hydrogen-bond acceptors (Lipinski definition) is 2. The maximum atomic E-state index is 8.50. The van der Waals surface area contributed by atoms with Gasteiger partial charge in [-0.3, -0.25) is 0 Å². The van der Waals surface area contributed by atoms with E-state index in [1.54, 1.807) is 0 Å². The Bertz CT molecular complexity index is 30.7. The van der Waals surface area contributed by atoms with E-state index in [4.69, 9.17) is 6.65 Å². The molecule has 0 N–H and O–H groups in total. The molecule has 48 valence electrons. The molecule has 0 heterocycles. The van der Waals surface area contributed by atoms with Gasteiger partial charge in [-0.15, -0.1) is 0 Å². The molecule has 0 radical (unpaired) electrons. The van der Waals surface area contributed by atoms with Gasteiger partial charge in [-0.05, 0) is 0 Å². The van der Waals surface area contributed by atoms with Crippen LogP contribution in [0.5, 0.6) is 0 Å². The molecular formula is C4H16O2Ti. The molecule has 0 bridgehead atoms. The predicted octanol–water partition coefficient (Wildman–Crippen LogP) is 2.30. The summed E-state index contributed by atoms with van der Waals surface area (Å²) in [6, 6.07) is 0. The number of hydrogen-bond donors (Lipinski definition) is 0. The van der Waals surface area contributed by atoms with E-state index in [2.05, 4.69) is 0 Å². The van der Waals surface area contributed by atoms with Gasteiger partial charge in [0.25, 0.3) is 0 Å². The van der Waals surface area contributed by atoms with Crippen LogP contribution in [0.4, 0.5) is 0 Å². The molecule has 0 unspecified atom stereocenters. The van der Waals surface area contributed by atoms with E-state index in [1.807, 2.05) is 0 Å². The van der Waals surface area contributed by atoms with Crippen molar-refractivity contribution in [3.05, 3.63) is 0 Å². The van der Waals surface area contributed by atoms with Gasteiger partial charge in [-0.2, -0.15) is 0 Å². The van der Waals surface area contributed by atoms with E-state index in [0.29, 0.717) is 0 Å². The zero-order valence-electron chi connectivity index (χ0n) is 1.32. The Balaban J connectivity index is -0.00000000333. The van der Waals surface area contributed by atoms with E-state index in [0.717, 1.165) is 0 Å². The fraction of sp³-hybridized carbons (Fsp3) is 1.00. The standard InChI is InChI=1S/4CH4.2O.Ti/h4*1H4;;;. The van der Waals surface area contributed by atoms with Crippen molar-refractivity contribution in [1.82, 2.24) is 0 Å². The summed E-state index contributed by atoms with van der Waals surface area (Å²) in [7, 11) is 0. The zero-order chi connectivity index (χ0) is 2.71. The van der Waals surface area contributed by atoms with Gasteiger partial charge in [0.05, 0.1) is 0 Å². The van der Waals surface area contributed by atoms with Crippen molar-refractivity contribution < 1.29 is 25.7 Å². The van der Waals surface area contributed by atoms with Crippen molar-refractivity contribution in [3.63, 3.8) is 0 Å². The fourth-order valence-electron chi connectivity index (χ4n) is 0. The molecule has 0 aliphatic carbocycles. The third-order valence-electron chi connectivity index (χ3n) is 0. The molecule has 2 nitrogen and oxygen atoms in total. The fourth-order valence-corrected chi connectivity index (χ4v) is 0. The van der Waals surface area contributed by atoms with E-state index in [9.17, 15) is 0 Å². The first kappa shape index (κ1) is 54.4. The summed E-state index contributed by atoms with van der Waals surface area (Å²) >= 11 is -2.00. The topological polar surface area (TPSA) is 34.1 Å². The second-order valence-corrected chi connectivity index (χ2v) is 0.344. The van der Waals surface area contributed by atoms with Crippen LogP contribution in [0.3, 0.4) is 0 Å². The minimum absolute atomic E-state index is 0. The van der Waals surface area contributed by atoms with Crippen molar-refractivity contribution in [2.45, 2.75) is 29.7 Å². The van der Waals surface area contributed by atoms with Crippen molar-refractivity contribution in [3.8, 4) is 0 Å². The molecule has 0 aromatic carbocycles. The molecule has 7 heavy (non-hydrogen) atoms. The van der Waals surface area contributed by atoms with E-state index < -0.39 is 19.1 Å². The molecule has 0 spiro atoms. The first-order chi connectivity index (χ1) is 1.41. The molecule has 0 aromatic heterocycles. The molecule has 0 rings (SSSR count). The molecule has 0 amide bonds. The summed E-state index contributed by atoms with van der Waals surface area (Å²) < 4.78 is 17.0.